The number of hydrogen-bond donors (Lipinski definition) is 0. The molecule has 0 saturated carbocycles. The van der Waals surface area contributed by atoms with Crippen molar-refractivity contribution in [3.63, 3.8) is 0 Å². The van der Waals surface area contributed by atoms with Gasteiger partial charge < -0.3 is 0 Å². The second-order valence-electron chi connectivity index (χ2n) is 6.37. The van der Waals surface area contributed by atoms with E-state index in [9.17, 15) is 0 Å². The molecule has 1 heteroatoms. The van der Waals surface area contributed by atoms with E-state index in [1.807, 2.05) is 0 Å². The van der Waals surface area contributed by atoms with Gasteiger partial charge in [0, 0.05) is 16.8 Å². The average molecular weight is 310 g/mol. The van der Waals surface area contributed by atoms with Gasteiger partial charge in [-0.15, -0.1) is 0 Å². The summed E-state index contributed by atoms with van der Waals surface area (Å²) in [6.45, 7) is 6.41. The third kappa shape index (κ3) is 2.69. The van der Waals surface area contributed by atoms with Crippen LogP contribution < -0.4 is 4.57 Å². The van der Waals surface area contributed by atoms with Crippen molar-refractivity contribution in [2.75, 3.05) is 0 Å². The third-order valence-corrected chi connectivity index (χ3v) is 4.54. The van der Waals surface area contributed by atoms with E-state index in [1.165, 1.54) is 32.7 Å². The molecule has 0 spiro atoms. The fourth-order valence-electron chi connectivity index (χ4n) is 3.30. The van der Waals surface area contributed by atoms with Gasteiger partial charge in [0.05, 0.1) is 6.42 Å². The smallest absolute Gasteiger partial charge is 0.171 e. The van der Waals surface area contributed by atoms with Gasteiger partial charge in [-0.3, -0.25) is 0 Å². The summed E-state index contributed by atoms with van der Waals surface area (Å²) in [5.74, 6) is 0. The first-order valence-corrected chi connectivity index (χ1v) is 8.27. The third-order valence-electron chi connectivity index (χ3n) is 4.54. The Bertz CT molecular complexity index is 1060. The zero-order valence-electron chi connectivity index (χ0n) is 13.9. The van der Waals surface area contributed by atoms with Gasteiger partial charge in [-0.25, -0.2) is 0 Å². The molecule has 24 heavy (non-hydrogen) atoms. The monoisotopic (exact) mass is 310 g/mol. The largest absolute Gasteiger partial charge is 0.184 e. The minimum atomic E-state index is 0.853. The summed E-state index contributed by atoms with van der Waals surface area (Å²) in [6.07, 6.45) is 5.15. The molecule has 3 aromatic carbocycles. The summed E-state index contributed by atoms with van der Waals surface area (Å²) < 4.78 is 2.14. The maximum Gasteiger partial charge on any atom is 0.184 e. The van der Waals surface area contributed by atoms with Crippen LogP contribution in [0.25, 0.3) is 27.2 Å². The standard InChI is InChI=1S/C23H20N/c1-17-6-5-7-19(14-17)15-18(2)24-13-12-23-21(16-24)11-10-20-8-3-4-9-22(20)23/h3-14,16H,2,15H2,1H3/q+1. The van der Waals surface area contributed by atoms with Crippen molar-refractivity contribution in [3.8, 4) is 0 Å². The first kappa shape index (κ1) is 14.6. The van der Waals surface area contributed by atoms with E-state index in [1.54, 1.807) is 0 Å². The molecule has 1 nitrogen and oxygen atoms in total. The Morgan fingerprint density at radius 2 is 1.67 bits per heavy atom. The van der Waals surface area contributed by atoms with E-state index in [0.29, 0.717) is 0 Å². The molecule has 116 valence electrons. The molecule has 0 unspecified atom stereocenters. The van der Waals surface area contributed by atoms with E-state index >= 15 is 0 Å². The molecule has 4 aromatic rings. The average Bonchev–Trinajstić information content (AvgIpc) is 2.61. The zero-order chi connectivity index (χ0) is 16.5. The fraction of sp³-hybridized carbons (Fsp3) is 0.0870. The summed E-state index contributed by atoms with van der Waals surface area (Å²) in [5.41, 5.74) is 3.66. The molecular formula is C23H20N+. The van der Waals surface area contributed by atoms with E-state index in [4.69, 9.17) is 0 Å². The highest BCUT2D eigenvalue weighted by Gasteiger charge is 2.11. The lowest BCUT2D eigenvalue weighted by atomic mass is 10.0. The molecule has 1 aromatic heterocycles. The Morgan fingerprint density at radius 3 is 2.54 bits per heavy atom. The van der Waals surface area contributed by atoms with Crippen LogP contribution in [0.5, 0.6) is 0 Å². The number of benzene rings is 3. The number of rotatable bonds is 3. The highest BCUT2D eigenvalue weighted by molar-refractivity contribution is 6.06. The molecule has 0 N–H and O–H groups in total. The second kappa shape index (κ2) is 5.93. The SMILES string of the molecule is C=C(Cc1cccc(C)c1)[n+]1ccc2c(ccc3ccccc32)c1. The van der Waals surface area contributed by atoms with Crippen LogP contribution in [0.2, 0.25) is 0 Å². The maximum atomic E-state index is 4.28. The maximum absolute atomic E-state index is 4.28. The summed E-state index contributed by atoms with van der Waals surface area (Å²) in [7, 11) is 0. The Labute approximate surface area is 142 Å². The molecule has 0 aliphatic carbocycles. The number of nitrogens with zero attached hydrogens (tertiary/aromatic N) is 1. The predicted octanol–water partition coefficient (Wildman–Crippen LogP) is 5.30. The van der Waals surface area contributed by atoms with Crippen molar-refractivity contribution in [1.29, 1.82) is 0 Å². The number of aryl methyl sites for hydroxylation is 1. The van der Waals surface area contributed by atoms with E-state index in [2.05, 4.69) is 97.2 Å². The Balaban J connectivity index is 1.72. The zero-order valence-corrected chi connectivity index (χ0v) is 13.9. The van der Waals surface area contributed by atoms with Crippen molar-refractivity contribution in [3.05, 3.63) is 96.8 Å². The molecule has 0 aliphatic heterocycles. The number of fused-ring (bicyclic) bond motifs is 3. The van der Waals surface area contributed by atoms with Crippen LogP contribution in [0.1, 0.15) is 11.1 Å². The highest BCUT2D eigenvalue weighted by atomic mass is 14.9. The van der Waals surface area contributed by atoms with Gasteiger partial charge in [0.2, 0.25) is 0 Å². The van der Waals surface area contributed by atoms with Crippen molar-refractivity contribution in [1.82, 2.24) is 0 Å². The van der Waals surface area contributed by atoms with Crippen LogP contribution in [0.4, 0.5) is 0 Å². The lowest BCUT2D eigenvalue weighted by Crippen LogP contribution is -2.31. The lowest BCUT2D eigenvalue weighted by Gasteiger charge is -2.05. The van der Waals surface area contributed by atoms with Crippen LogP contribution >= 0.6 is 0 Å². The Hall–Kier alpha value is -2.93. The summed E-state index contributed by atoms with van der Waals surface area (Å²) in [4.78, 5) is 0. The van der Waals surface area contributed by atoms with Crippen LogP contribution in [0.3, 0.4) is 0 Å². The molecule has 0 aliphatic rings. The van der Waals surface area contributed by atoms with Crippen molar-refractivity contribution in [2.45, 2.75) is 13.3 Å². The Kier molecular flexibility index (Phi) is 3.62. The molecule has 4 rings (SSSR count). The summed E-state index contributed by atoms with van der Waals surface area (Å²) >= 11 is 0. The van der Waals surface area contributed by atoms with Crippen molar-refractivity contribution in [2.24, 2.45) is 0 Å². The van der Waals surface area contributed by atoms with Gasteiger partial charge in [0.15, 0.2) is 18.1 Å². The summed E-state index contributed by atoms with van der Waals surface area (Å²) in [6, 6.07) is 23.7. The van der Waals surface area contributed by atoms with Crippen molar-refractivity contribution >= 4 is 27.2 Å². The molecule has 1 heterocycles. The number of allylic oxidation sites excluding steroid dienone is 1. The Morgan fingerprint density at radius 1 is 0.875 bits per heavy atom. The van der Waals surface area contributed by atoms with Gasteiger partial charge in [-0.05, 0) is 35.9 Å². The van der Waals surface area contributed by atoms with Gasteiger partial charge in [-0.2, -0.15) is 4.57 Å². The molecule has 0 atom stereocenters. The quantitative estimate of drug-likeness (QED) is 0.357. The van der Waals surface area contributed by atoms with Gasteiger partial charge in [-0.1, -0.05) is 60.2 Å². The van der Waals surface area contributed by atoms with Crippen molar-refractivity contribution < 1.29 is 4.57 Å². The first-order valence-electron chi connectivity index (χ1n) is 8.27. The predicted molar refractivity (Wildman–Crippen MR) is 102 cm³/mol. The number of hydrogen-bond acceptors (Lipinski definition) is 0. The molecule has 0 bridgehead atoms. The molecule has 0 amide bonds. The molecule has 0 radical (unpaired) electrons. The van der Waals surface area contributed by atoms with E-state index in [-0.39, 0.29) is 0 Å². The van der Waals surface area contributed by atoms with Gasteiger partial charge >= 0.3 is 0 Å². The van der Waals surface area contributed by atoms with Gasteiger partial charge in [0.1, 0.15) is 0 Å². The molecular weight excluding hydrogens is 290 g/mol. The number of pyridine rings is 1. The molecule has 0 fully saturated rings. The van der Waals surface area contributed by atoms with E-state index < -0.39 is 0 Å². The lowest BCUT2D eigenvalue weighted by molar-refractivity contribution is -0.581. The number of aromatic nitrogens is 1. The van der Waals surface area contributed by atoms with Crippen LogP contribution in [-0.2, 0) is 6.42 Å². The normalized spacial score (nSPS) is 11.0. The topological polar surface area (TPSA) is 3.88 Å². The second-order valence-corrected chi connectivity index (χ2v) is 6.37. The van der Waals surface area contributed by atoms with E-state index in [0.717, 1.165) is 12.1 Å². The van der Waals surface area contributed by atoms with Crippen LogP contribution in [-0.4, -0.2) is 0 Å². The van der Waals surface area contributed by atoms with Crippen LogP contribution in [0, 0.1) is 6.92 Å². The fourth-order valence-corrected chi connectivity index (χ4v) is 3.30. The summed E-state index contributed by atoms with van der Waals surface area (Å²) in [5, 5.41) is 5.10. The first-order chi connectivity index (χ1) is 11.7. The highest BCUT2D eigenvalue weighted by Crippen LogP contribution is 2.24. The molecule has 0 saturated heterocycles. The minimum Gasteiger partial charge on any atom is -0.171 e. The minimum absolute atomic E-state index is 0.853. The van der Waals surface area contributed by atoms with Gasteiger partial charge in [0.25, 0.3) is 0 Å². The van der Waals surface area contributed by atoms with Crippen LogP contribution in [0.15, 0.2) is 85.7 Å².